The fourth-order valence-corrected chi connectivity index (χ4v) is 7.14. The van der Waals surface area contributed by atoms with Crippen molar-refractivity contribution >= 4 is 25.5 Å². The number of aliphatic hydroxyl groups is 5. The lowest BCUT2D eigenvalue weighted by Gasteiger charge is -2.41. The van der Waals surface area contributed by atoms with E-state index in [4.69, 9.17) is 18.5 Å². The third-order valence-corrected chi connectivity index (χ3v) is 10.8. The minimum Gasteiger partial charge on any atom is -0.462 e. The van der Waals surface area contributed by atoms with Crippen molar-refractivity contribution in [1.29, 1.82) is 0 Å². The first kappa shape index (κ1) is 55.2. The number of phosphoric acid groups is 1. The van der Waals surface area contributed by atoms with Gasteiger partial charge in [0.05, 0.1) is 6.61 Å². The van der Waals surface area contributed by atoms with Crippen molar-refractivity contribution in [1.82, 2.24) is 0 Å². The summed E-state index contributed by atoms with van der Waals surface area (Å²) < 4.78 is 33.3. The van der Waals surface area contributed by atoms with Gasteiger partial charge >= 0.3 is 19.8 Å². The Morgan fingerprint density at radius 2 is 1.07 bits per heavy atom. The topological polar surface area (TPSA) is 227 Å². The summed E-state index contributed by atoms with van der Waals surface area (Å²) in [5, 5.41) is 50.1. The molecule has 0 saturated heterocycles. The van der Waals surface area contributed by atoms with E-state index in [0.29, 0.717) is 32.1 Å². The summed E-state index contributed by atoms with van der Waals surface area (Å²) in [7, 11) is -5.15. The van der Waals surface area contributed by atoms with Gasteiger partial charge in [-0.3, -0.25) is 23.4 Å². The average Bonchev–Trinajstić information content (AvgIpc) is 3.22. The van der Waals surface area contributed by atoms with E-state index < -0.39 is 75.7 Å². The number of carbonyl (C=O) groups is 3. The normalized spacial score (nSPS) is 22.7. The third-order valence-electron chi connectivity index (χ3n) is 9.81. The number of aliphatic hydroxyl groups excluding tert-OH is 5. The number of ketones is 1. The molecule has 0 aromatic heterocycles. The van der Waals surface area contributed by atoms with E-state index in [1.54, 1.807) is 12.2 Å². The van der Waals surface area contributed by atoms with Crippen LogP contribution in [0.2, 0.25) is 0 Å². The molecule has 0 amide bonds. The molecule has 0 aliphatic heterocycles. The van der Waals surface area contributed by atoms with Gasteiger partial charge in [-0.2, -0.15) is 0 Å². The van der Waals surface area contributed by atoms with Crippen LogP contribution in [0.25, 0.3) is 0 Å². The molecule has 0 heterocycles. The van der Waals surface area contributed by atoms with Gasteiger partial charge in [-0.1, -0.05) is 120 Å². The number of rotatable bonds is 35. The zero-order valence-corrected chi connectivity index (χ0v) is 36.9. The Labute approximate surface area is 358 Å². The summed E-state index contributed by atoms with van der Waals surface area (Å²) in [6, 6.07) is 0. The molecule has 0 aromatic rings. The molecule has 1 fully saturated rings. The van der Waals surface area contributed by atoms with Crippen molar-refractivity contribution in [2.75, 3.05) is 13.2 Å². The highest BCUT2D eigenvalue weighted by atomic mass is 31.2. The van der Waals surface area contributed by atoms with Gasteiger partial charge in [-0.25, -0.2) is 4.57 Å². The van der Waals surface area contributed by atoms with Gasteiger partial charge in [0.15, 0.2) is 11.9 Å². The highest BCUT2D eigenvalue weighted by Gasteiger charge is 2.51. The molecule has 1 aliphatic rings. The first-order valence-electron chi connectivity index (χ1n) is 22.0. The largest absolute Gasteiger partial charge is 0.472 e. The van der Waals surface area contributed by atoms with Gasteiger partial charge in [0.2, 0.25) is 0 Å². The maximum atomic E-state index is 12.8. The van der Waals surface area contributed by atoms with Crippen LogP contribution >= 0.6 is 7.82 Å². The van der Waals surface area contributed by atoms with E-state index in [-0.39, 0.29) is 18.6 Å². The number of allylic oxidation sites excluding steroid dienone is 10. The van der Waals surface area contributed by atoms with Crippen molar-refractivity contribution in [2.45, 2.75) is 191 Å². The van der Waals surface area contributed by atoms with Gasteiger partial charge in [-0.05, 0) is 70.3 Å². The minimum atomic E-state index is -5.15. The Balaban J connectivity index is 2.56. The molecule has 0 radical (unpaired) electrons. The molecule has 1 rings (SSSR count). The van der Waals surface area contributed by atoms with E-state index in [1.807, 2.05) is 36.5 Å². The fourth-order valence-electron chi connectivity index (χ4n) is 6.17. The van der Waals surface area contributed by atoms with E-state index in [0.717, 1.165) is 64.2 Å². The highest BCUT2D eigenvalue weighted by Crippen LogP contribution is 2.47. The number of hydrogen-bond acceptors (Lipinski definition) is 13. The van der Waals surface area contributed by atoms with Gasteiger partial charge < -0.3 is 39.9 Å². The fraction of sp³-hybridized carbons (Fsp3) is 0.711. The summed E-state index contributed by atoms with van der Waals surface area (Å²) >= 11 is 0. The molecule has 8 atom stereocenters. The highest BCUT2D eigenvalue weighted by molar-refractivity contribution is 7.47. The monoisotopic (exact) mass is 870 g/mol. The van der Waals surface area contributed by atoms with Crippen LogP contribution in [0.5, 0.6) is 0 Å². The molecule has 0 aromatic carbocycles. The van der Waals surface area contributed by atoms with Gasteiger partial charge in [0.25, 0.3) is 0 Å². The second kappa shape index (κ2) is 34.8. The Hall–Kier alpha value is -2.78. The molecule has 1 aliphatic carbocycles. The van der Waals surface area contributed by atoms with Crippen LogP contribution in [-0.4, -0.2) is 104 Å². The molecule has 0 spiro atoms. The second-order valence-electron chi connectivity index (χ2n) is 15.2. The molecular weight excluding hydrogens is 795 g/mol. The first-order chi connectivity index (χ1) is 28.8. The maximum Gasteiger partial charge on any atom is 0.472 e. The third kappa shape index (κ3) is 27.2. The Kier molecular flexibility index (Phi) is 32.0. The zero-order chi connectivity index (χ0) is 44.4. The Morgan fingerprint density at radius 3 is 1.73 bits per heavy atom. The van der Waals surface area contributed by atoms with Gasteiger partial charge in [-0.15, -0.1) is 0 Å². The molecule has 3 unspecified atom stereocenters. The summed E-state index contributed by atoms with van der Waals surface area (Å²) in [5.41, 5.74) is 0. The van der Waals surface area contributed by atoms with Crippen LogP contribution in [0.4, 0.5) is 0 Å². The number of phosphoric ester groups is 1. The quantitative estimate of drug-likeness (QED) is 0.00915. The van der Waals surface area contributed by atoms with E-state index >= 15 is 0 Å². The van der Waals surface area contributed by atoms with E-state index in [1.165, 1.54) is 25.7 Å². The van der Waals surface area contributed by atoms with Crippen LogP contribution in [0.1, 0.15) is 149 Å². The van der Waals surface area contributed by atoms with Crippen molar-refractivity contribution in [2.24, 2.45) is 0 Å². The van der Waals surface area contributed by atoms with Gasteiger partial charge in [0, 0.05) is 19.3 Å². The van der Waals surface area contributed by atoms with Crippen LogP contribution in [0.15, 0.2) is 60.8 Å². The van der Waals surface area contributed by atoms with Crippen LogP contribution in [0.3, 0.4) is 0 Å². The Morgan fingerprint density at radius 1 is 0.567 bits per heavy atom. The lowest BCUT2D eigenvalue weighted by Crippen LogP contribution is -2.64. The SMILES string of the molecule is CCCCCC/C=C\CCCCCCCC(=O)OC[C@H](COP(=O)(O)OC1[C@H](O)[C@H](O)C(O)[C@H](O)[C@H]1O)OC(=O)CCC/C=C\C/C=C\C/C=C\C=C\C(=O)CCCCC. The molecule has 60 heavy (non-hydrogen) atoms. The molecule has 14 nitrogen and oxygen atoms in total. The molecule has 0 bridgehead atoms. The number of unbranched alkanes of at least 4 members (excludes halogenated alkanes) is 12. The van der Waals surface area contributed by atoms with Crippen LogP contribution in [0, 0.1) is 0 Å². The average molecular weight is 871 g/mol. The number of ether oxygens (including phenoxy) is 2. The maximum absolute atomic E-state index is 12.8. The predicted molar refractivity (Wildman–Crippen MR) is 231 cm³/mol. The van der Waals surface area contributed by atoms with Crippen molar-refractivity contribution in [3.8, 4) is 0 Å². The van der Waals surface area contributed by atoms with E-state index in [9.17, 15) is 49.4 Å². The summed E-state index contributed by atoms with van der Waals surface area (Å²) in [5.74, 6) is -1.08. The molecule has 15 heteroatoms. The number of carbonyl (C=O) groups excluding carboxylic acids is 3. The first-order valence-corrected chi connectivity index (χ1v) is 23.5. The summed E-state index contributed by atoms with van der Waals surface area (Å²) in [6.07, 6.45) is 24.1. The van der Waals surface area contributed by atoms with E-state index in [2.05, 4.69) is 26.0 Å². The van der Waals surface area contributed by atoms with Crippen LogP contribution < -0.4 is 0 Å². The zero-order valence-electron chi connectivity index (χ0n) is 36.0. The second-order valence-corrected chi connectivity index (χ2v) is 16.6. The van der Waals surface area contributed by atoms with Gasteiger partial charge in [0.1, 0.15) is 43.2 Å². The van der Waals surface area contributed by atoms with Crippen molar-refractivity contribution in [3.05, 3.63) is 60.8 Å². The summed E-state index contributed by atoms with van der Waals surface area (Å²) in [4.78, 5) is 47.3. The number of hydrogen-bond donors (Lipinski definition) is 6. The molecular formula is C45H75O14P. The molecule has 6 N–H and O–H groups in total. The van der Waals surface area contributed by atoms with Crippen molar-refractivity contribution < 1.29 is 67.9 Å². The van der Waals surface area contributed by atoms with Crippen molar-refractivity contribution in [3.63, 3.8) is 0 Å². The summed E-state index contributed by atoms with van der Waals surface area (Å²) in [6.45, 7) is 3.04. The Bertz CT molecular complexity index is 1340. The smallest absolute Gasteiger partial charge is 0.462 e. The lowest BCUT2D eigenvalue weighted by atomic mass is 9.85. The predicted octanol–water partition coefficient (Wildman–Crippen LogP) is 7.34. The lowest BCUT2D eigenvalue weighted by molar-refractivity contribution is -0.220. The molecule has 344 valence electrons. The van der Waals surface area contributed by atoms with Crippen LogP contribution in [-0.2, 0) is 37.5 Å². The standard InChI is InChI=1S/C45H75O14P/c1-3-5-7-8-9-10-11-12-15-18-21-24-28-32-38(47)56-34-37(35-57-60(54,55)59-45-43(52)41(50)40(49)42(51)44(45)53)58-39(48)33-29-25-22-19-16-13-14-17-20-23-27-31-36(46)30-26-6-4-2/h10-11,13-14,19-20,22-23,27,31,37,40-45,49-53H,3-9,12,15-18,21,24-26,28-30,32-35H2,1-2H3,(H,54,55)/b11-10-,14-13-,22-19-,23-20-,31-27+/t37-,40?,41-,42+,43-,44-,45?/m1/s1. The number of esters is 2. The minimum absolute atomic E-state index is 0.00928. The molecule has 1 saturated carbocycles.